The van der Waals surface area contributed by atoms with Crippen LogP contribution in [0, 0.1) is 0 Å². The number of aliphatic hydroxyl groups is 19. The standard InChI is InChI=1S/C42H72N2O33/c43-15-17(52)36-64-9(2-46)30(15)72-39-25(60)20(55)34(13(6-50)67-39)76-42-28(63)23(58)35(14(7-51)70-42)77-41-27(62)22(57)32(11(4-48)69-41)74-37-18(53)16(44)29(8(1-45)65-37)71-38-24(59)19(54)33(12(5-49)66-38)75-40-26(61)21(56)31(73-36)10(3-47)68-40/h8-42,45-63H,1-7,43-44H2/t8-,9-,10-,11-,12-,13-,14-,15-,16+,17-,18+,19-,20+,21-,22-,23-,24-,25+,26-,27-,28-,29-,30-,31-,32-,33-,34-,35-,36-,37-,38-,39-,40-,41-,42-/m1/s1. The molecule has 77 heavy (non-hydrogen) atoms. The van der Waals surface area contributed by atoms with Crippen molar-refractivity contribution in [1.82, 2.24) is 0 Å². The first-order chi connectivity index (χ1) is 36.7. The van der Waals surface area contributed by atoms with E-state index >= 15 is 0 Å². The Morgan fingerprint density at radius 1 is 0.195 bits per heavy atom. The zero-order valence-electron chi connectivity index (χ0n) is 40.5. The minimum atomic E-state index is -2.18. The average molecular weight is 1130 g/mol. The second-order valence-corrected chi connectivity index (χ2v) is 19.8. The Morgan fingerprint density at radius 2 is 0.338 bits per heavy atom. The molecule has 21 aliphatic heterocycles. The van der Waals surface area contributed by atoms with Gasteiger partial charge in [0.25, 0.3) is 0 Å². The van der Waals surface area contributed by atoms with Crippen LogP contribution in [0.2, 0.25) is 0 Å². The molecular formula is C42H72N2O33. The highest BCUT2D eigenvalue weighted by Gasteiger charge is 2.59. The summed E-state index contributed by atoms with van der Waals surface area (Å²) in [6, 6.07) is -3.32. The van der Waals surface area contributed by atoms with Crippen molar-refractivity contribution in [2.24, 2.45) is 11.5 Å². The first-order valence-electron chi connectivity index (χ1n) is 24.8. The third-order valence-corrected chi connectivity index (χ3v) is 15.0. The van der Waals surface area contributed by atoms with Crippen molar-refractivity contribution >= 4 is 0 Å². The van der Waals surface area contributed by atoms with Gasteiger partial charge in [0, 0.05) is 0 Å². The molecule has 21 fully saturated rings. The van der Waals surface area contributed by atoms with E-state index in [0.29, 0.717) is 0 Å². The number of aliphatic hydroxyl groups excluding tert-OH is 19. The summed E-state index contributed by atoms with van der Waals surface area (Å²) in [5, 5.41) is 209. The molecular weight excluding hydrogens is 1060 g/mol. The van der Waals surface area contributed by atoms with Crippen LogP contribution in [0.1, 0.15) is 0 Å². The molecule has 448 valence electrons. The molecule has 21 saturated heterocycles. The number of rotatable bonds is 7. The highest BCUT2D eigenvalue weighted by molar-refractivity contribution is 5.02. The molecule has 23 N–H and O–H groups in total. The Kier molecular flexibility index (Phi) is 20.8. The normalized spacial score (nSPS) is 55.4. The van der Waals surface area contributed by atoms with E-state index in [-0.39, 0.29) is 0 Å². The van der Waals surface area contributed by atoms with Crippen LogP contribution in [-0.4, -0.2) is 358 Å². The SMILES string of the molecule is N[C@@H]1[C@@H](O)[C@H]2O[C@H]3[C@H](O)[C@@H](O)[C@@H](O[C@H]4[C@H](O)[C@@H](O)[C@@H](O[C@H]5[C@@H](N)[C@H](O)[C@@H](O[C@H]6[C@H](O)[C@@H](O)[C@@H](O[C@H]7[C@H](O)[C@@H](O)[C@@H](O[C@H]8[C@@H](O)[C@H](O)[C@@H](O[C@@H]1[C@@H](CO)O2)O[C@@H]8CO)O[C@@H]7CO)O[C@@H]6CO)O[C@@H]5CO)O[C@@H]4CO)O[C@@H]3CO. The lowest BCUT2D eigenvalue weighted by molar-refractivity contribution is -0.392. The molecule has 35 nitrogen and oxygen atoms in total. The molecule has 0 aromatic rings. The quantitative estimate of drug-likeness (QED) is 0.113. The molecule has 21 rings (SSSR count). The first kappa shape index (κ1) is 61.7. The molecule has 0 aromatic heterocycles. The third kappa shape index (κ3) is 12.1. The largest absolute Gasteiger partial charge is 0.394 e. The van der Waals surface area contributed by atoms with Gasteiger partial charge in [0.2, 0.25) is 0 Å². The van der Waals surface area contributed by atoms with Crippen molar-refractivity contribution in [2.75, 3.05) is 46.2 Å². The molecule has 0 aromatic carbocycles. The molecule has 21 aliphatic rings. The van der Waals surface area contributed by atoms with Gasteiger partial charge < -0.3 is 175 Å². The van der Waals surface area contributed by atoms with Crippen molar-refractivity contribution < 1.29 is 163 Å². The van der Waals surface area contributed by atoms with E-state index in [9.17, 15) is 97.0 Å². The summed E-state index contributed by atoms with van der Waals surface area (Å²) in [6.07, 6.45) is -63.2. The van der Waals surface area contributed by atoms with Gasteiger partial charge in [-0.2, -0.15) is 0 Å². The second kappa shape index (κ2) is 26.0. The van der Waals surface area contributed by atoms with Crippen LogP contribution in [-0.2, 0) is 66.3 Å². The summed E-state index contributed by atoms with van der Waals surface area (Å²) < 4.78 is 80.4. The van der Waals surface area contributed by atoms with Gasteiger partial charge in [-0.25, -0.2) is 0 Å². The van der Waals surface area contributed by atoms with Gasteiger partial charge in [-0.1, -0.05) is 0 Å². The molecule has 0 radical (unpaired) electrons. The lowest BCUT2D eigenvalue weighted by Gasteiger charge is -2.50. The van der Waals surface area contributed by atoms with E-state index < -0.39 is 261 Å². The maximum absolute atomic E-state index is 11.4. The van der Waals surface area contributed by atoms with Crippen molar-refractivity contribution in [2.45, 2.75) is 215 Å². The predicted octanol–water partition coefficient (Wildman–Crippen LogP) is -15.3. The lowest BCUT2D eigenvalue weighted by atomic mass is 9.94. The summed E-state index contributed by atoms with van der Waals surface area (Å²) in [4.78, 5) is 0. The third-order valence-electron chi connectivity index (χ3n) is 15.0. The van der Waals surface area contributed by atoms with Gasteiger partial charge >= 0.3 is 0 Å². The van der Waals surface area contributed by atoms with Crippen molar-refractivity contribution in [3.8, 4) is 0 Å². The molecule has 0 saturated carbocycles. The minimum Gasteiger partial charge on any atom is -0.394 e. The number of hydrogen-bond acceptors (Lipinski definition) is 35. The maximum Gasteiger partial charge on any atom is 0.187 e. The van der Waals surface area contributed by atoms with E-state index in [1.807, 2.05) is 0 Å². The highest BCUT2D eigenvalue weighted by atomic mass is 16.8. The molecule has 0 amide bonds. The summed E-state index contributed by atoms with van der Waals surface area (Å²) in [6.45, 7) is -6.97. The molecule has 0 aliphatic carbocycles. The van der Waals surface area contributed by atoms with Gasteiger partial charge in [0.1, 0.15) is 159 Å². The Morgan fingerprint density at radius 3 is 0.506 bits per heavy atom. The highest BCUT2D eigenvalue weighted by Crippen LogP contribution is 2.38. The molecule has 35 heteroatoms. The average Bonchev–Trinajstić information content (AvgIpc) is 3.45. The smallest absolute Gasteiger partial charge is 0.187 e. The Balaban J connectivity index is 1.08. The Bertz CT molecular complexity index is 1480. The zero-order valence-corrected chi connectivity index (χ0v) is 40.5. The van der Waals surface area contributed by atoms with E-state index in [1.54, 1.807) is 0 Å². The minimum absolute atomic E-state index is 0.961. The molecule has 0 spiro atoms. The van der Waals surface area contributed by atoms with Gasteiger partial charge in [-0.15, -0.1) is 0 Å². The number of ether oxygens (including phenoxy) is 14. The topological polar surface area (TPSA) is 566 Å². The van der Waals surface area contributed by atoms with Gasteiger partial charge in [-0.05, 0) is 0 Å². The summed E-state index contributed by atoms with van der Waals surface area (Å²) in [7, 11) is 0. The predicted molar refractivity (Wildman–Crippen MR) is 232 cm³/mol. The maximum atomic E-state index is 11.4. The summed E-state index contributed by atoms with van der Waals surface area (Å²) >= 11 is 0. The van der Waals surface area contributed by atoms with Crippen LogP contribution in [0.3, 0.4) is 0 Å². The van der Waals surface area contributed by atoms with Crippen LogP contribution in [0.25, 0.3) is 0 Å². The van der Waals surface area contributed by atoms with E-state index in [4.69, 9.17) is 77.8 Å². The number of hydrogen-bond donors (Lipinski definition) is 21. The Hall–Kier alpha value is -1.40. The van der Waals surface area contributed by atoms with Crippen LogP contribution in [0.5, 0.6) is 0 Å². The fourth-order valence-corrected chi connectivity index (χ4v) is 10.5. The van der Waals surface area contributed by atoms with Crippen molar-refractivity contribution in [3.05, 3.63) is 0 Å². The zero-order chi connectivity index (χ0) is 56.1. The van der Waals surface area contributed by atoms with Crippen LogP contribution < -0.4 is 11.5 Å². The number of nitrogens with two attached hydrogens (primary N) is 2. The second-order valence-electron chi connectivity index (χ2n) is 19.8. The van der Waals surface area contributed by atoms with Gasteiger partial charge in [0.05, 0.1) is 58.3 Å². The van der Waals surface area contributed by atoms with Crippen molar-refractivity contribution in [3.63, 3.8) is 0 Å². The van der Waals surface area contributed by atoms with Crippen LogP contribution >= 0.6 is 0 Å². The fraction of sp³-hybridized carbons (Fsp3) is 1.00. The van der Waals surface area contributed by atoms with Crippen LogP contribution in [0.4, 0.5) is 0 Å². The molecule has 0 unspecified atom stereocenters. The molecule has 21 heterocycles. The summed E-state index contributed by atoms with van der Waals surface area (Å²) in [5.74, 6) is 0. The van der Waals surface area contributed by atoms with Gasteiger partial charge in [-0.3, -0.25) is 0 Å². The fourth-order valence-electron chi connectivity index (χ4n) is 10.5. The monoisotopic (exact) mass is 1130 g/mol. The lowest BCUT2D eigenvalue weighted by Crippen LogP contribution is -2.69. The Labute approximate surface area is 435 Å². The molecule has 14 bridgehead atoms. The summed E-state index contributed by atoms with van der Waals surface area (Å²) in [5.41, 5.74) is 12.7. The first-order valence-corrected chi connectivity index (χ1v) is 24.8. The van der Waals surface area contributed by atoms with Crippen LogP contribution in [0.15, 0.2) is 0 Å². The van der Waals surface area contributed by atoms with Gasteiger partial charge in [0.15, 0.2) is 44.0 Å². The van der Waals surface area contributed by atoms with E-state index in [0.717, 1.165) is 0 Å². The van der Waals surface area contributed by atoms with E-state index in [2.05, 4.69) is 0 Å². The van der Waals surface area contributed by atoms with E-state index in [1.165, 1.54) is 0 Å². The van der Waals surface area contributed by atoms with Crippen molar-refractivity contribution in [1.29, 1.82) is 0 Å². The molecule has 35 atom stereocenters.